The van der Waals surface area contributed by atoms with Crippen LogP contribution in [-0.4, -0.2) is 41.0 Å². The molecule has 2 heterocycles. The summed E-state index contributed by atoms with van der Waals surface area (Å²) in [4.78, 5) is 8.30. The number of nitrogens with one attached hydrogen (secondary N) is 1. The van der Waals surface area contributed by atoms with Crippen molar-refractivity contribution in [2.75, 3.05) is 12.8 Å². The fourth-order valence-corrected chi connectivity index (χ4v) is 2.67. The van der Waals surface area contributed by atoms with E-state index in [4.69, 9.17) is 0 Å². The molecule has 0 radical (unpaired) electrons. The Kier molecular flexibility index (Phi) is 3.73. The maximum absolute atomic E-state index is 11.1. The highest BCUT2D eigenvalue weighted by Gasteiger charge is 2.28. The van der Waals surface area contributed by atoms with Gasteiger partial charge in [-0.05, 0) is 18.9 Å². The second-order valence-electron chi connectivity index (χ2n) is 5.21. The Morgan fingerprint density at radius 2 is 2.14 bits per heavy atom. The van der Waals surface area contributed by atoms with Crippen LogP contribution >= 0.6 is 0 Å². The zero-order valence-electron chi connectivity index (χ0n) is 11.7. The molecule has 0 saturated heterocycles. The highest BCUT2D eigenvalue weighted by Crippen LogP contribution is 2.41. The van der Waals surface area contributed by atoms with Gasteiger partial charge in [-0.15, -0.1) is 0 Å². The van der Waals surface area contributed by atoms with E-state index in [1.54, 1.807) is 18.6 Å². The summed E-state index contributed by atoms with van der Waals surface area (Å²) < 4.78 is 26.6. The molecule has 0 amide bonds. The number of aromatic nitrogens is 4. The van der Waals surface area contributed by atoms with Crippen molar-refractivity contribution in [3.63, 3.8) is 0 Å². The Morgan fingerprint density at radius 3 is 2.76 bits per heavy atom. The maximum Gasteiger partial charge on any atom is 0.208 e. The Labute approximate surface area is 123 Å². The molecule has 2 aromatic heterocycles. The summed E-state index contributed by atoms with van der Waals surface area (Å²) in [6.07, 6.45) is 8.41. The Bertz CT molecular complexity index is 722. The molecule has 7 nitrogen and oxygen atoms in total. The number of nitrogens with zero attached hydrogens (tertiary/aromatic N) is 4. The fourth-order valence-electron chi connectivity index (χ4n) is 2.21. The lowest BCUT2D eigenvalue weighted by atomic mass is 10.2. The molecule has 0 spiro atoms. The number of rotatable bonds is 6. The van der Waals surface area contributed by atoms with E-state index < -0.39 is 10.0 Å². The lowest BCUT2D eigenvalue weighted by Gasteiger charge is -2.06. The molecule has 0 atom stereocenters. The normalized spacial score (nSPS) is 15.3. The van der Waals surface area contributed by atoms with Gasteiger partial charge in [-0.2, -0.15) is 5.10 Å². The average molecular weight is 307 g/mol. The first-order chi connectivity index (χ1) is 10.0. The van der Waals surface area contributed by atoms with Gasteiger partial charge in [-0.3, -0.25) is 14.6 Å². The van der Waals surface area contributed by atoms with Gasteiger partial charge in [0.25, 0.3) is 0 Å². The Hall–Kier alpha value is -1.80. The molecule has 0 unspecified atom stereocenters. The molecule has 1 aliphatic carbocycles. The third-order valence-corrected chi connectivity index (χ3v) is 4.05. The van der Waals surface area contributed by atoms with Gasteiger partial charge in [-0.1, -0.05) is 0 Å². The van der Waals surface area contributed by atoms with Crippen LogP contribution in [0.15, 0.2) is 24.7 Å². The lowest BCUT2D eigenvalue weighted by molar-refractivity contribution is 0.555. The van der Waals surface area contributed by atoms with Crippen LogP contribution in [0, 0.1) is 0 Å². The highest BCUT2D eigenvalue weighted by atomic mass is 32.2. The molecule has 1 saturated carbocycles. The van der Waals surface area contributed by atoms with E-state index in [9.17, 15) is 8.42 Å². The van der Waals surface area contributed by atoms with Gasteiger partial charge < -0.3 is 0 Å². The van der Waals surface area contributed by atoms with Gasteiger partial charge in [-0.25, -0.2) is 13.1 Å². The summed E-state index contributed by atoms with van der Waals surface area (Å²) in [6, 6.07) is 2.03. The first kappa shape index (κ1) is 14.2. The number of hydrogen-bond acceptors (Lipinski definition) is 5. The largest absolute Gasteiger partial charge is 0.267 e. The second-order valence-corrected chi connectivity index (χ2v) is 7.04. The second kappa shape index (κ2) is 5.53. The van der Waals surface area contributed by atoms with E-state index in [1.807, 2.05) is 10.7 Å². The van der Waals surface area contributed by atoms with Crippen LogP contribution in [0.2, 0.25) is 0 Å². The van der Waals surface area contributed by atoms with Crippen molar-refractivity contribution in [1.29, 1.82) is 0 Å². The first-order valence-corrected chi connectivity index (χ1v) is 8.71. The summed E-state index contributed by atoms with van der Waals surface area (Å²) in [5, 5.41) is 4.54. The van der Waals surface area contributed by atoms with Crippen molar-refractivity contribution in [3.8, 4) is 11.4 Å². The van der Waals surface area contributed by atoms with Crippen LogP contribution in [0.3, 0.4) is 0 Å². The van der Waals surface area contributed by atoms with Crippen molar-refractivity contribution >= 4 is 10.0 Å². The van der Waals surface area contributed by atoms with Crippen LogP contribution in [0.1, 0.15) is 24.5 Å². The van der Waals surface area contributed by atoms with E-state index in [1.165, 1.54) is 0 Å². The van der Waals surface area contributed by atoms with E-state index in [2.05, 4.69) is 19.8 Å². The van der Waals surface area contributed by atoms with Gasteiger partial charge >= 0.3 is 0 Å². The third kappa shape index (κ3) is 3.64. The topological polar surface area (TPSA) is 89.8 Å². The maximum atomic E-state index is 11.1. The predicted molar refractivity (Wildman–Crippen MR) is 78.1 cm³/mol. The average Bonchev–Trinajstić information content (AvgIpc) is 3.20. The predicted octanol–water partition coefficient (Wildman–Crippen LogP) is 0.767. The SMILES string of the molecule is CS(=O)(=O)NCCn1nc(-c2cnccn2)cc1C1CC1. The van der Waals surface area contributed by atoms with E-state index in [0.717, 1.165) is 36.2 Å². The van der Waals surface area contributed by atoms with Crippen molar-refractivity contribution in [1.82, 2.24) is 24.5 Å². The standard InChI is InChI=1S/C13H17N5O2S/c1-21(19,20)16-6-7-18-13(10-2-3-10)8-11(17-18)12-9-14-4-5-15-12/h4-5,8-10,16H,2-3,6-7H2,1H3. The van der Waals surface area contributed by atoms with Crippen molar-refractivity contribution in [2.45, 2.75) is 25.3 Å². The summed E-state index contributed by atoms with van der Waals surface area (Å²) in [5.74, 6) is 0.529. The molecule has 1 aliphatic rings. The molecule has 0 aromatic carbocycles. The molecule has 0 aliphatic heterocycles. The van der Waals surface area contributed by atoms with Crippen molar-refractivity contribution < 1.29 is 8.42 Å². The highest BCUT2D eigenvalue weighted by molar-refractivity contribution is 7.88. The molecule has 1 N–H and O–H groups in total. The molecular formula is C13H17N5O2S. The molecule has 8 heteroatoms. The monoisotopic (exact) mass is 307 g/mol. The smallest absolute Gasteiger partial charge is 0.208 e. The van der Waals surface area contributed by atoms with Crippen LogP contribution in [0.4, 0.5) is 0 Å². The van der Waals surface area contributed by atoms with Crippen molar-refractivity contribution in [3.05, 3.63) is 30.4 Å². The van der Waals surface area contributed by atoms with Gasteiger partial charge in [0.1, 0.15) is 11.4 Å². The van der Waals surface area contributed by atoms with Crippen LogP contribution in [0.5, 0.6) is 0 Å². The van der Waals surface area contributed by atoms with Gasteiger partial charge in [0, 0.05) is 30.6 Å². The molecule has 1 fully saturated rings. The quantitative estimate of drug-likeness (QED) is 0.851. The minimum Gasteiger partial charge on any atom is -0.267 e. The van der Waals surface area contributed by atoms with Crippen LogP contribution < -0.4 is 4.72 Å². The Balaban J connectivity index is 1.80. The van der Waals surface area contributed by atoms with Gasteiger partial charge in [0.2, 0.25) is 10.0 Å². The summed E-state index contributed by atoms with van der Waals surface area (Å²) >= 11 is 0. The molecular weight excluding hydrogens is 290 g/mol. The molecule has 3 rings (SSSR count). The zero-order valence-corrected chi connectivity index (χ0v) is 12.5. The number of hydrogen-bond donors (Lipinski definition) is 1. The molecule has 0 bridgehead atoms. The zero-order chi connectivity index (χ0) is 14.9. The van der Waals surface area contributed by atoms with Crippen LogP contribution in [0.25, 0.3) is 11.4 Å². The minimum atomic E-state index is -3.17. The minimum absolute atomic E-state index is 0.333. The van der Waals surface area contributed by atoms with E-state index in [0.29, 0.717) is 19.0 Å². The van der Waals surface area contributed by atoms with Gasteiger partial charge in [0.15, 0.2) is 0 Å². The first-order valence-electron chi connectivity index (χ1n) is 6.82. The van der Waals surface area contributed by atoms with E-state index >= 15 is 0 Å². The summed E-state index contributed by atoms with van der Waals surface area (Å²) in [7, 11) is -3.17. The summed E-state index contributed by atoms with van der Waals surface area (Å²) in [5.41, 5.74) is 2.66. The molecule has 21 heavy (non-hydrogen) atoms. The Morgan fingerprint density at radius 1 is 1.33 bits per heavy atom. The van der Waals surface area contributed by atoms with Crippen molar-refractivity contribution in [2.24, 2.45) is 0 Å². The summed E-state index contributed by atoms with van der Waals surface area (Å²) in [6.45, 7) is 0.847. The molecule has 2 aromatic rings. The van der Waals surface area contributed by atoms with Gasteiger partial charge in [0.05, 0.1) is 19.0 Å². The fraction of sp³-hybridized carbons (Fsp3) is 0.462. The number of sulfonamides is 1. The molecule has 112 valence electrons. The van der Waals surface area contributed by atoms with E-state index in [-0.39, 0.29) is 0 Å². The van der Waals surface area contributed by atoms with Crippen LogP contribution in [-0.2, 0) is 16.6 Å². The third-order valence-electron chi connectivity index (χ3n) is 3.32. The lowest BCUT2D eigenvalue weighted by Crippen LogP contribution is -2.26.